The Bertz CT molecular complexity index is 864. The van der Waals surface area contributed by atoms with Crippen molar-refractivity contribution in [3.8, 4) is 28.7 Å². The number of nitrogens with zero attached hydrogens (tertiary/aromatic N) is 2. The summed E-state index contributed by atoms with van der Waals surface area (Å²) in [5, 5.41) is 8.74. The fourth-order valence-corrected chi connectivity index (χ4v) is 3.13. The fraction of sp³-hybridized carbons (Fsp3) is 0.222. The molecule has 0 unspecified atom stereocenters. The van der Waals surface area contributed by atoms with Crippen LogP contribution >= 0.6 is 11.8 Å². The van der Waals surface area contributed by atoms with Crippen LogP contribution in [-0.4, -0.2) is 23.6 Å². The van der Waals surface area contributed by atoms with Gasteiger partial charge in [-0.2, -0.15) is 0 Å². The van der Waals surface area contributed by atoms with Crippen LogP contribution in [-0.2, 0) is 5.75 Å². The van der Waals surface area contributed by atoms with Crippen LogP contribution in [0.5, 0.6) is 17.2 Å². The van der Waals surface area contributed by atoms with E-state index in [2.05, 4.69) is 10.2 Å². The topological polar surface area (TPSA) is 66.6 Å². The SMILES string of the molecule is CCOc1ccc(-c2nnc(SCc3ccc4c(c3)OCO4)o2)cc1. The molecule has 0 bridgehead atoms. The van der Waals surface area contributed by atoms with Gasteiger partial charge in [-0.15, -0.1) is 10.2 Å². The molecule has 4 rings (SSSR count). The van der Waals surface area contributed by atoms with Gasteiger partial charge in [-0.05, 0) is 48.9 Å². The van der Waals surface area contributed by atoms with Crippen LogP contribution in [0.4, 0.5) is 0 Å². The fourth-order valence-electron chi connectivity index (χ4n) is 2.42. The maximum atomic E-state index is 5.73. The van der Waals surface area contributed by atoms with Crippen molar-refractivity contribution in [1.82, 2.24) is 10.2 Å². The largest absolute Gasteiger partial charge is 0.494 e. The molecule has 2 aromatic carbocycles. The maximum Gasteiger partial charge on any atom is 0.277 e. The number of fused-ring (bicyclic) bond motifs is 1. The maximum absolute atomic E-state index is 5.73. The van der Waals surface area contributed by atoms with Crippen LogP contribution < -0.4 is 14.2 Å². The zero-order chi connectivity index (χ0) is 17.1. The minimum atomic E-state index is 0.279. The van der Waals surface area contributed by atoms with Crippen LogP contribution in [0.2, 0.25) is 0 Å². The van der Waals surface area contributed by atoms with Gasteiger partial charge in [0.2, 0.25) is 12.7 Å². The van der Waals surface area contributed by atoms with Gasteiger partial charge in [-0.25, -0.2) is 0 Å². The summed E-state index contributed by atoms with van der Waals surface area (Å²) in [5.41, 5.74) is 1.97. The Morgan fingerprint density at radius 3 is 2.72 bits per heavy atom. The monoisotopic (exact) mass is 356 g/mol. The summed E-state index contributed by atoms with van der Waals surface area (Å²) >= 11 is 1.48. The average Bonchev–Trinajstić information content (AvgIpc) is 3.30. The minimum absolute atomic E-state index is 0.279. The highest BCUT2D eigenvalue weighted by molar-refractivity contribution is 7.98. The van der Waals surface area contributed by atoms with Crippen molar-refractivity contribution in [2.45, 2.75) is 17.9 Å². The average molecular weight is 356 g/mol. The summed E-state index contributed by atoms with van der Waals surface area (Å²) < 4.78 is 21.9. The lowest BCUT2D eigenvalue weighted by molar-refractivity contribution is 0.174. The van der Waals surface area contributed by atoms with Crippen molar-refractivity contribution in [2.24, 2.45) is 0 Å². The molecule has 0 N–H and O–H groups in total. The van der Waals surface area contributed by atoms with Gasteiger partial charge in [0.1, 0.15) is 5.75 Å². The van der Waals surface area contributed by atoms with Crippen LogP contribution in [0.25, 0.3) is 11.5 Å². The third-order valence-corrected chi connectivity index (χ3v) is 4.51. The first-order chi connectivity index (χ1) is 12.3. The predicted molar refractivity (Wildman–Crippen MR) is 93.0 cm³/mol. The first-order valence-corrected chi connectivity index (χ1v) is 8.88. The zero-order valence-electron chi connectivity index (χ0n) is 13.6. The van der Waals surface area contributed by atoms with Gasteiger partial charge in [-0.3, -0.25) is 0 Å². The molecule has 0 atom stereocenters. The van der Waals surface area contributed by atoms with Crippen molar-refractivity contribution in [3.63, 3.8) is 0 Å². The normalized spacial score (nSPS) is 12.4. The Hall–Kier alpha value is -2.67. The molecule has 3 aromatic rings. The molecule has 0 saturated carbocycles. The van der Waals surface area contributed by atoms with E-state index >= 15 is 0 Å². The molecule has 0 saturated heterocycles. The van der Waals surface area contributed by atoms with E-state index in [0.29, 0.717) is 23.5 Å². The molecular weight excluding hydrogens is 340 g/mol. The van der Waals surface area contributed by atoms with E-state index in [1.54, 1.807) is 0 Å². The summed E-state index contributed by atoms with van der Waals surface area (Å²) in [6.45, 7) is 2.87. The van der Waals surface area contributed by atoms with Gasteiger partial charge in [0, 0.05) is 11.3 Å². The standard InChI is InChI=1S/C18H16N2O4S/c1-2-21-14-6-4-13(5-7-14)17-19-20-18(24-17)25-10-12-3-8-15-16(9-12)23-11-22-15/h3-9H,2,10-11H2,1H3. The van der Waals surface area contributed by atoms with E-state index < -0.39 is 0 Å². The van der Waals surface area contributed by atoms with Gasteiger partial charge in [0.05, 0.1) is 6.61 Å². The molecule has 6 nitrogen and oxygen atoms in total. The highest BCUT2D eigenvalue weighted by Crippen LogP contribution is 2.34. The second-order valence-corrected chi connectivity index (χ2v) is 6.23. The Morgan fingerprint density at radius 2 is 1.88 bits per heavy atom. The van der Waals surface area contributed by atoms with E-state index in [9.17, 15) is 0 Å². The molecule has 1 aromatic heterocycles. The van der Waals surface area contributed by atoms with Gasteiger partial charge >= 0.3 is 0 Å². The lowest BCUT2D eigenvalue weighted by Gasteiger charge is -2.02. The van der Waals surface area contributed by atoms with Gasteiger partial charge in [0.25, 0.3) is 5.22 Å². The molecule has 0 spiro atoms. The summed E-state index contributed by atoms with van der Waals surface area (Å²) in [6, 6.07) is 13.5. The van der Waals surface area contributed by atoms with E-state index in [-0.39, 0.29) is 6.79 Å². The number of thioether (sulfide) groups is 1. The van der Waals surface area contributed by atoms with Crippen LogP contribution in [0.15, 0.2) is 52.1 Å². The first-order valence-electron chi connectivity index (χ1n) is 7.90. The van der Waals surface area contributed by atoms with Crippen molar-refractivity contribution >= 4 is 11.8 Å². The van der Waals surface area contributed by atoms with Crippen molar-refractivity contribution in [2.75, 3.05) is 13.4 Å². The van der Waals surface area contributed by atoms with Gasteiger partial charge < -0.3 is 18.6 Å². The second kappa shape index (κ2) is 7.06. The predicted octanol–water partition coefficient (Wildman–Crippen LogP) is 4.16. The molecule has 0 aliphatic carbocycles. The Morgan fingerprint density at radius 1 is 1.04 bits per heavy atom. The number of aromatic nitrogens is 2. The molecule has 25 heavy (non-hydrogen) atoms. The van der Waals surface area contributed by atoms with Gasteiger partial charge in [-0.1, -0.05) is 17.8 Å². The van der Waals surface area contributed by atoms with Crippen molar-refractivity contribution < 1.29 is 18.6 Å². The highest BCUT2D eigenvalue weighted by Gasteiger charge is 2.14. The quantitative estimate of drug-likeness (QED) is 0.614. The van der Waals surface area contributed by atoms with Crippen molar-refractivity contribution in [3.05, 3.63) is 48.0 Å². The van der Waals surface area contributed by atoms with Crippen LogP contribution in [0.1, 0.15) is 12.5 Å². The summed E-state index contributed by atoms with van der Waals surface area (Å²) in [5.74, 6) is 3.59. The number of hydrogen-bond acceptors (Lipinski definition) is 7. The van der Waals surface area contributed by atoms with Crippen molar-refractivity contribution in [1.29, 1.82) is 0 Å². The summed E-state index contributed by atoms with van der Waals surface area (Å²) in [6.07, 6.45) is 0. The Balaban J connectivity index is 1.41. The molecule has 2 heterocycles. The molecule has 1 aliphatic heterocycles. The number of hydrogen-bond donors (Lipinski definition) is 0. The first kappa shape index (κ1) is 15.8. The van der Waals surface area contributed by atoms with E-state index in [1.807, 2.05) is 49.4 Å². The smallest absolute Gasteiger partial charge is 0.277 e. The highest BCUT2D eigenvalue weighted by atomic mass is 32.2. The zero-order valence-corrected chi connectivity index (χ0v) is 14.4. The number of rotatable bonds is 6. The van der Waals surface area contributed by atoms with Gasteiger partial charge in [0.15, 0.2) is 11.5 Å². The van der Waals surface area contributed by atoms with E-state index in [0.717, 1.165) is 28.4 Å². The summed E-state index contributed by atoms with van der Waals surface area (Å²) in [4.78, 5) is 0. The van der Waals surface area contributed by atoms with E-state index in [4.69, 9.17) is 18.6 Å². The second-order valence-electron chi connectivity index (χ2n) is 5.31. The molecule has 0 amide bonds. The molecule has 1 aliphatic rings. The molecule has 7 heteroatoms. The molecule has 128 valence electrons. The lowest BCUT2D eigenvalue weighted by atomic mass is 10.2. The Kier molecular flexibility index (Phi) is 4.47. The number of benzene rings is 2. The minimum Gasteiger partial charge on any atom is -0.494 e. The summed E-state index contributed by atoms with van der Waals surface area (Å²) in [7, 11) is 0. The third-order valence-electron chi connectivity index (χ3n) is 3.62. The third kappa shape index (κ3) is 3.56. The van der Waals surface area contributed by atoms with E-state index in [1.165, 1.54) is 11.8 Å². The lowest BCUT2D eigenvalue weighted by Crippen LogP contribution is -1.92. The van der Waals surface area contributed by atoms with Crippen LogP contribution in [0, 0.1) is 0 Å². The molecule has 0 fully saturated rings. The molecule has 0 radical (unpaired) electrons. The van der Waals surface area contributed by atoms with Crippen LogP contribution in [0.3, 0.4) is 0 Å². The Labute approximate surface area is 149 Å². The number of ether oxygens (including phenoxy) is 3. The molecular formula is C18H16N2O4S.